The van der Waals surface area contributed by atoms with Gasteiger partial charge in [-0.15, -0.1) is 5.10 Å². The topological polar surface area (TPSA) is 74.1 Å². The van der Waals surface area contributed by atoms with Gasteiger partial charge in [-0.05, 0) is 24.6 Å². The van der Waals surface area contributed by atoms with Crippen molar-refractivity contribution in [2.75, 3.05) is 12.4 Å². The number of carbonyl (C=O) groups excluding carboxylic acids is 1. The van der Waals surface area contributed by atoms with Crippen molar-refractivity contribution in [1.82, 2.24) is 15.0 Å². The zero-order valence-electron chi connectivity index (χ0n) is 15.0. The van der Waals surface area contributed by atoms with Crippen LogP contribution in [-0.2, 0) is 4.79 Å². The van der Waals surface area contributed by atoms with E-state index in [1.807, 2.05) is 6.92 Å². The van der Waals surface area contributed by atoms with Crippen LogP contribution in [0.3, 0.4) is 0 Å². The summed E-state index contributed by atoms with van der Waals surface area (Å²) in [5, 5.41) is 7.88. The summed E-state index contributed by atoms with van der Waals surface area (Å²) in [5.41, 5.74) is -0.276. The van der Waals surface area contributed by atoms with Crippen LogP contribution < -0.4 is 10.3 Å². The van der Waals surface area contributed by atoms with Gasteiger partial charge in [0.2, 0.25) is 5.12 Å². The molecule has 0 atom stereocenters. The summed E-state index contributed by atoms with van der Waals surface area (Å²) < 4.78 is 20.7. The Labute approximate surface area is 169 Å². The Balaban J connectivity index is 1.89. The predicted molar refractivity (Wildman–Crippen MR) is 108 cm³/mol. The molecule has 1 heterocycles. The second-order valence-electron chi connectivity index (χ2n) is 5.92. The molecule has 0 aliphatic rings. The molecule has 0 amide bonds. The number of carbonyl (C=O) groups is 1. The monoisotopic (exact) mass is 421 g/mol. The fourth-order valence-corrected chi connectivity index (χ4v) is 3.45. The summed E-state index contributed by atoms with van der Waals surface area (Å²) in [6.07, 6.45) is 1.93. The number of thioether (sulfide) groups is 1. The highest BCUT2D eigenvalue weighted by Crippen LogP contribution is 2.29. The van der Waals surface area contributed by atoms with Crippen LogP contribution in [0.4, 0.5) is 4.39 Å². The molecule has 0 saturated heterocycles. The van der Waals surface area contributed by atoms with Gasteiger partial charge in [-0.3, -0.25) is 9.59 Å². The molecular formula is C19H17ClFN3O3S. The Morgan fingerprint density at radius 1 is 1.32 bits per heavy atom. The third kappa shape index (κ3) is 4.51. The number of hydrogen-bond donors (Lipinski definition) is 0. The predicted octanol–water partition coefficient (Wildman–Crippen LogP) is 4.01. The maximum atomic E-state index is 14.5. The number of ether oxygens (including phenoxy) is 1. The zero-order valence-corrected chi connectivity index (χ0v) is 16.6. The second kappa shape index (κ2) is 9.16. The molecule has 1 aromatic heterocycles. The number of fused-ring (bicyclic) bond motifs is 1. The van der Waals surface area contributed by atoms with Gasteiger partial charge in [0.15, 0.2) is 12.4 Å². The molecular weight excluding hydrogens is 405 g/mol. The van der Waals surface area contributed by atoms with E-state index in [0.717, 1.165) is 23.6 Å². The van der Waals surface area contributed by atoms with Gasteiger partial charge in [0.05, 0.1) is 10.4 Å². The molecule has 28 heavy (non-hydrogen) atoms. The van der Waals surface area contributed by atoms with Crippen molar-refractivity contribution < 1.29 is 13.9 Å². The molecule has 146 valence electrons. The minimum absolute atomic E-state index is 0.00518. The molecule has 3 rings (SSSR count). The van der Waals surface area contributed by atoms with Crippen molar-refractivity contribution >= 4 is 39.4 Å². The van der Waals surface area contributed by atoms with E-state index < -0.39 is 11.4 Å². The fourth-order valence-electron chi connectivity index (χ4n) is 2.45. The lowest BCUT2D eigenvalue weighted by Crippen LogP contribution is -2.23. The van der Waals surface area contributed by atoms with Crippen LogP contribution in [-0.4, -0.2) is 32.5 Å². The highest BCUT2D eigenvalue weighted by molar-refractivity contribution is 8.13. The molecule has 0 spiro atoms. The number of halogens is 2. The molecule has 9 heteroatoms. The normalized spacial score (nSPS) is 11.0. The molecule has 0 aliphatic carbocycles. The first-order valence-corrected chi connectivity index (χ1v) is 10.00. The molecule has 0 aliphatic heterocycles. The first kappa shape index (κ1) is 20.3. The smallest absolute Gasteiger partial charge is 0.282 e. The highest BCUT2D eigenvalue weighted by atomic mass is 35.5. The van der Waals surface area contributed by atoms with Crippen molar-refractivity contribution in [2.24, 2.45) is 0 Å². The summed E-state index contributed by atoms with van der Waals surface area (Å²) in [5.74, 6) is 0.0421. The Morgan fingerprint density at radius 3 is 2.89 bits per heavy atom. The van der Waals surface area contributed by atoms with E-state index in [9.17, 15) is 14.0 Å². The van der Waals surface area contributed by atoms with Crippen LogP contribution in [0.5, 0.6) is 5.75 Å². The van der Waals surface area contributed by atoms with Gasteiger partial charge in [-0.2, -0.15) is 4.68 Å². The van der Waals surface area contributed by atoms with Gasteiger partial charge in [-0.1, -0.05) is 54.1 Å². The minimum atomic E-state index is -0.757. The molecule has 0 saturated carbocycles. The summed E-state index contributed by atoms with van der Waals surface area (Å²) in [6, 6.07) is 8.90. The summed E-state index contributed by atoms with van der Waals surface area (Å²) in [7, 11) is 0. The Hall–Kier alpha value is -2.45. The van der Waals surface area contributed by atoms with Crippen molar-refractivity contribution in [3.05, 3.63) is 57.6 Å². The van der Waals surface area contributed by atoms with Crippen molar-refractivity contribution in [3.8, 4) is 11.4 Å². The lowest BCUT2D eigenvalue weighted by molar-refractivity contribution is -0.112. The first-order chi connectivity index (χ1) is 13.5. The lowest BCUT2D eigenvalue weighted by atomic mass is 10.2. The quantitative estimate of drug-likeness (QED) is 0.536. The summed E-state index contributed by atoms with van der Waals surface area (Å²) in [4.78, 5) is 24.5. The van der Waals surface area contributed by atoms with E-state index in [2.05, 4.69) is 10.3 Å². The van der Waals surface area contributed by atoms with E-state index in [-0.39, 0.29) is 28.2 Å². The number of hydrogen-bond acceptors (Lipinski definition) is 6. The number of nitrogens with zero attached hydrogens (tertiary/aromatic N) is 3. The van der Waals surface area contributed by atoms with Gasteiger partial charge in [0, 0.05) is 11.8 Å². The van der Waals surface area contributed by atoms with Crippen molar-refractivity contribution in [2.45, 2.75) is 19.8 Å². The van der Waals surface area contributed by atoms with E-state index >= 15 is 0 Å². The van der Waals surface area contributed by atoms with Gasteiger partial charge >= 0.3 is 0 Å². The van der Waals surface area contributed by atoms with Crippen LogP contribution in [0.25, 0.3) is 16.6 Å². The van der Waals surface area contributed by atoms with E-state index in [1.165, 1.54) is 17.8 Å². The number of rotatable bonds is 7. The lowest BCUT2D eigenvalue weighted by Gasteiger charge is -2.11. The third-order valence-corrected chi connectivity index (χ3v) is 5.13. The summed E-state index contributed by atoms with van der Waals surface area (Å²) in [6.45, 7) is 1.83. The molecule has 0 N–H and O–H groups in total. The van der Waals surface area contributed by atoms with Gasteiger partial charge < -0.3 is 4.74 Å². The Morgan fingerprint density at radius 2 is 2.11 bits per heavy atom. The van der Waals surface area contributed by atoms with Crippen LogP contribution in [0.1, 0.15) is 19.8 Å². The Kier molecular flexibility index (Phi) is 6.64. The van der Waals surface area contributed by atoms with Gasteiger partial charge in [-0.25, -0.2) is 4.39 Å². The molecule has 0 bridgehead atoms. The highest BCUT2D eigenvalue weighted by Gasteiger charge is 2.16. The first-order valence-electron chi connectivity index (χ1n) is 8.64. The average molecular weight is 422 g/mol. The van der Waals surface area contributed by atoms with Crippen LogP contribution in [0.15, 0.2) is 41.2 Å². The van der Waals surface area contributed by atoms with Gasteiger partial charge in [0.1, 0.15) is 17.0 Å². The molecule has 2 aromatic carbocycles. The third-order valence-electron chi connectivity index (χ3n) is 3.90. The maximum absolute atomic E-state index is 14.5. The molecule has 0 fully saturated rings. The van der Waals surface area contributed by atoms with Crippen molar-refractivity contribution in [3.63, 3.8) is 0 Å². The number of unbranched alkanes of at least 4 members (excludes halogenated alkanes) is 1. The van der Waals surface area contributed by atoms with Crippen LogP contribution in [0.2, 0.25) is 5.02 Å². The average Bonchev–Trinajstić information content (AvgIpc) is 2.68. The van der Waals surface area contributed by atoms with Crippen LogP contribution in [0, 0.1) is 5.82 Å². The van der Waals surface area contributed by atoms with Crippen molar-refractivity contribution in [1.29, 1.82) is 0 Å². The molecule has 0 radical (unpaired) electrons. The summed E-state index contributed by atoms with van der Waals surface area (Å²) >= 11 is 7.20. The number of aromatic nitrogens is 3. The van der Waals surface area contributed by atoms with E-state index in [1.54, 1.807) is 24.3 Å². The SMILES string of the molecule is CCCCSC(=O)COc1cc(-n2nnc3ccccc3c2=O)c(F)cc1Cl. The van der Waals surface area contributed by atoms with Crippen LogP contribution >= 0.6 is 23.4 Å². The minimum Gasteiger partial charge on any atom is -0.483 e. The second-order valence-corrected chi connectivity index (χ2v) is 7.48. The maximum Gasteiger partial charge on any atom is 0.282 e. The van der Waals surface area contributed by atoms with E-state index in [4.69, 9.17) is 16.3 Å². The zero-order chi connectivity index (χ0) is 20.1. The fraction of sp³-hybridized carbons (Fsp3) is 0.263. The molecule has 3 aromatic rings. The Bertz CT molecular complexity index is 1070. The van der Waals surface area contributed by atoms with E-state index in [0.29, 0.717) is 16.7 Å². The standard InChI is InChI=1S/C19H17ClFN3O3S/c1-2-3-8-28-18(25)11-27-17-10-16(14(21)9-13(17)20)24-19(26)12-6-4-5-7-15(12)22-23-24/h4-7,9-10H,2-3,8,11H2,1H3. The molecule has 6 nitrogen and oxygen atoms in total. The molecule has 0 unspecified atom stereocenters. The van der Waals surface area contributed by atoms with Gasteiger partial charge in [0.25, 0.3) is 5.56 Å². The number of benzene rings is 2. The largest absolute Gasteiger partial charge is 0.483 e.